The maximum absolute atomic E-state index is 12.6. The van der Waals surface area contributed by atoms with E-state index in [2.05, 4.69) is 16.3 Å². The zero-order chi connectivity index (χ0) is 19.2. The Morgan fingerprint density at radius 3 is 2.48 bits per heavy atom. The van der Waals surface area contributed by atoms with Gasteiger partial charge in [0.2, 0.25) is 5.91 Å². The second-order valence-electron chi connectivity index (χ2n) is 7.39. The van der Waals surface area contributed by atoms with Crippen LogP contribution in [0.15, 0.2) is 36.4 Å². The first-order valence-corrected chi connectivity index (χ1v) is 9.62. The number of carbonyl (C=O) groups is 2. The van der Waals surface area contributed by atoms with Crippen LogP contribution in [-0.2, 0) is 16.0 Å². The van der Waals surface area contributed by atoms with Crippen LogP contribution in [0, 0.1) is 11.8 Å². The average molecular weight is 369 g/mol. The van der Waals surface area contributed by atoms with Crippen molar-refractivity contribution < 1.29 is 14.7 Å². The van der Waals surface area contributed by atoms with Crippen LogP contribution in [0.4, 0.5) is 0 Å². The van der Waals surface area contributed by atoms with E-state index in [-0.39, 0.29) is 17.7 Å². The van der Waals surface area contributed by atoms with Gasteiger partial charge in [-0.2, -0.15) is 5.10 Å². The number of benzene rings is 1. The Hall–Kier alpha value is -2.63. The maximum atomic E-state index is 12.6. The molecule has 27 heavy (non-hydrogen) atoms. The van der Waals surface area contributed by atoms with Gasteiger partial charge in [0.15, 0.2) is 0 Å². The van der Waals surface area contributed by atoms with E-state index in [4.69, 9.17) is 5.11 Å². The van der Waals surface area contributed by atoms with Gasteiger partial charge in [-0.3, -0.25) is 14.7 Å². The Labute approximate surface area is 159 Å². The number of H-pyrrole nitrogens is 1. The highest BCUT2D eigenvalue weighted by molar-refractivity contribution is 5.79. The second kappa shape index (κ2) is 8.84. The minimum atomic E-state index is -0.733. The van der Waals surface area contributed by atoms with E-state index in [1.807, 2.05) is 37.4 Å². The summed E-state index contributed by atoms with van der Waals surface area (Å²) < 4.78 is 0. The van der Waals surface area contributed by atoms with Gasteiger partial charge in [0.25, 0.3) is 0 Å². The number of aromatic nitrogens is 2. The number of nitrogens with one attached hydrogen (secondary N) is 1. The number of hydrogen-bond donors (Lipinski definition) is 2. The molecule has 1 heterocycles. The molecule has 2 aromatic rings. The van der Waals surface area contributed by atoms with Gasteiger partial charge in [-0.05, 0) is 44.6 Å². The summed E-state index contributed by atoms with van der Waals surface area (Å²) in [6, 6.07) is 12.1. The number of carbonyl (C=O) groups excluding carboxylic acids is 1. The van der Waals surface area contributed by atoms with Gasteiger partial charge >= 0.3 is 5.97 Å². The number of aliphatic carboxylic acids is 1. The molecule has 0 aliphatic heterocycles. The van der Waals surface area contributed by atoms with Gasteiger partial charge in [-0.1, -0.05) is 30.3 Å². The minimum absolute atomic E-state index is 0.0255. The van der Waals surface area contributed by atoms with Crippen LogP contribution in [0.5, 0.6) is 0 Å². The molecular formula is C21H27N3O3. The van der Waals surface area contributed by atoms with Crippen molar-refractivity contribution in [3.63, 3.8) is 0 Å². The average Bonchev–Trinajstić information content (AvgIpc) is 3.17. The largest absolute Gasteiger partial charge is 0.481 e. The molecule has 0 radical (unpaired) electrons. The van der Waals surface area contributed by atoms with Gasteiger partial charge in [0.1, 0.15) is 0 Å². The van der Waals surface area contributed by atoms with Crippen molar-refractivity contribution in [2.45, 2.75) is 38.5 Å². The molecule has 0 saturated heterocycles. The molecule has 6 heteroatoms. The Bertz CT molecular complexity index is 764. The third-order valence-corrected chi connectivity index (χ3v) is 5.44. The molecule has 1 aliphatic carbocycles. The lowest BCUT2D eigenvalue weighted by atomic mass is 9.81. The predicted molar refractivity (Wildman–Crippen MR) is 103 cm³/mol. The lowest BCUT2D eigenvalue weighted by Crippen LogP contribution is -2.36. The highest BCUT2D eigenvalue weighted by Gasteiger charge is 2.30. The summed E-state index contributed by atoms with van der Waals surface area (Å²) in [5.74, 6) is -0.891. The summed E-state index contributed by atoms with van der Waals surface area (Å²) in [5.41, 5.74) is 3.09. The number of hydrogen-bond acceptors (Lipinski definition) is 3. The molecule has 0 unspecified atom stereocenters. The lowest BCUT2D eigenvalue weighted by molar-refractivity contribution is -0.145. The summed E-state index contributed by atoms with van der Waals surface area (Å²) in [4.78, 5) is 25.4. The second-order valence-corrected chi connectivity index (χ2v) is 7.39. The predicted octanol–water partition coefficient (Wildman–Crippen LogP) is 3.36. The molecule has 1 fully saturated rings. The Balaban J connectivity index is 1.43. The molecule has 1 amide bonds. The highest BCUT2D eigenvalue weighted by Crippen LogP contribution is 2.30. The number of nitrogens with zero attached hydrogens (tertiary/aromatic N) is 2. The van der Waals surface area contributed by atoms with Crippen LogP contribution in [0.3, 0.4) is 0 Å². The number of carboxylic acid groups (broad SMARTS) is 1. The maximum Gasteiger partial charge on any atom is 0.306 e. The van der Waals surface area contributed by atoms with E-state index in [0.717, 1.165) is 29.8 Å². The fourth-order valence-corrected chi connectivity index (χ4v) is 3.76. The monoisotopic (exact) mass is 369 g/mol. The topological polar surface area (TPSA) is 86.3 Å². The Morgan fingerprint density at radius 2 is 1.81 bits per heavy atom. The quantitative estimate of drug-likeness (QED) is 0.783. The van der Waals surface area contributed by atoms with E-state index in [9.17, 15) is 9.59 Å². The number of carboxylic acids is 1. The van der Waals surface area contributed by atoms with Crippen molar-refractivity contribution in [2.24, 2.45) is 11.8 Å². The smallest absolute Gasteiger partial charge is 0.306 e. The Morgan fingerprint density at radius 1 is 1.15 bits per heavy atom. The molecule has 1 aliphatic rings. The van der Waals surface area contributed by atoms with E-state index in [1.54, 1.807) is 4.90 Å². The summed E-state index contributed by atoms with van der Waals surface area (Å²) in [7, 11) is 1.84. The summed E-state index contributed by atoms with van der Waals surface area (Å²) in [5, 5.41) is 16.5. The van der Waals surface area contributed by atoms with Crippen molar-refractivity contribution >= 4 is 11.9 Å². The first kappa shape index (κ1) is 19.1. The summed E-state index contributed by atoms with van der Waals surface area (Å²) in [6.07, 6.45) is 4.28. The molecule has 1 aromatic heterocycles. The number of rotatable bonds is 7. The third-order valence-electron chi connectivity index (χ3n) is 5.44. The molecule has 144 valence electrons. The van der Waals surface area contributed by atoms with E-state index in [1.165, 1.54) is 0 Å². The molecule has 0 atom stereocenters. The number of aromatic amines is 1. The number of amides is 1. The van der Waals surface area contributed by atoms with Gasteiger partial charge < -0.3 is 10.0 Å². The molecule has 3 rings (SSSR count). The van der Waals surface area contributed by atoms with Gasteiger partial charge in [-0.15, -0.1) is 0 Å². The molecule has 1 saturated carbocycles. The van der Waals surface area contributed by atoms with Crippen molar-refractivity contribution in [3.05, 3.63) is 42.1 Å². The van der Waals surface area contributed by atoms with Crippen molar-refractivity contribution in [3.8, 4) is 11.3 Å². The van der Waals surface area contributed by atoms with Crippen molar-refractivity contribution in [1.29, 1.82) is 0 Å². The number of aryl methyl sites for hydroxylation is 1. The van der Waals surface area contributed by atoms with Crippen LogP contribution in [0.25, 0.3) is 11.3 Å². The van der Waals surface area contributed by atoms with Crippen molar-refractivity contribution in [2.75, 3.05) is 13.6 Å². The molecule has 0 bridgehead atoms. The van der Waals surface area contributed by atoms with Crippen LogP contribution < -0.4 is 0 Å². The molecular weight excluding hydrogens is 342 g/mol. The minimum Gasteiger partial charge on any atom is -0.481 e. The normalized spacial score (nSPS) is 19.6. The van der Waals surface area contributed by atoms with E-state index < -0.39 is 5.97 Å². The third kappa shape index (κ3) is 4.96. The molecule has 6 nitrogen and oxygen atoms in total. The summed E-state index contributed by atoms with van der Waals surface area (Å²) >= 11 is 0. The zero-order valence-corrected chi connectivity index (χ0v) is 15.7. The van der Waals surface area contributed by atoms with Crippen molar-refractivity contribution in [1.82, 2.24) is 15.1 Å². The van der Waals surface area contributed by atoms with E-state index in [0.29, 0.717) is 32.2 Å². The fraction of sp³-hybridized carbons (Fsp3) is 0.476. The van der Waals surface area contributed by atoms with Gasteiger partial charge in [0, 0.05) is 30.8 Å². The van der Waals surface area contributed by atoms with Crippen LogP contribution in [0.1, 0.15) is 37.8 Å². The SMILES string of the molecule is CN(CCCc1cc(-c2ccccc2)n[nH]1)C(=O)C1CCC(C(=O)O)CC1. The molecule has 0 spiro atoms. The first-order chi connectivity index (χ1) is 13.0. The summed E-state index contributed by atoms with van der Waals surface area (Å²) in [6.45, 7) is 0.692. The fourth-order valence-electron chi connectivity index (χ4n) is 3.76. The molecule has 2 N–H and O–H groups in total. The van der Waals surface area contributed by atoms with Gasteiger partial charge in [0.05, 0.1) is 11.6 Å². The van der Waals surface area contributed by atoms with Crippen LogP contribution >= 0.6 is 0 Å². The van der Waals surface area contributed by atoms with Crippen LogP contribution in [-0.4, -0.2) is 45.7 Å². The van der Waals surface area contributed by atoms with Gasteiger partial charge in [-0.25, -0.2) is 0 Å². The molecule has 1 aromatic carbocycles. The van der Waals surface area contributed by atoms with Crippen LogP contribution in [0.2, 0.25) is 0 Å². The first-order valence-electron chi connectivity index (χ1n) is 9.62. The zero-order valence-electron chi connectivity index (χ0n) is 15.7. The standard InChI is InChI=1S/C21H27N3O3/c1-24(20(25)16-9-11-17(12-10-16)21(26)27)13-5-8-18-14-19(23-22-18)15-6-3-2-4-7-15/h2-4,6-7,14,16-17H,5,8-13H2,1H3,(H,22,23)(H,26,27). The lowest BCUT2D eigenvalue weighted by Gasteiger charge is -2.29. The van der Waals surface area contributed by atoms with E-state index >= 15 is 0 Å². The Kier molecular flexibility index (Phi) is 6.27. The highest BCUT2D eigenvalue weighted by atomic mass is 16.4.